The van der Waals surface area contributed by atoms with Gasteiger partial charge < -0.3 is 46.0 Å². The zero-order valence-electron chi connectivity index (χ0n) is 77.3. The highest BCUT2D eigenvalue weighted by molar-refractivity contribution is 6.02. The van der Waals surface area contributed by atoms with Crippen molar-refractivity contribution in [1.82, 2.24) is 62.0 Å². The molecule has 0 spiro atoms. The van der Waals surface area contributed by atoms with E-state index < -0.39 is 89.1 Å². The van der Waals surface area contributed by atoms with E-state index in [4.69, 9.17) is 19.3 Å². The highest BCUT2D eigenvalue weighted by atomic mass is 19.2. The Morgan fingerprint density at radius 1 is 0.357 bits per heavy atom. The standard InChI is InChI=1S/C34H46F2N4O4.C33H44F2N4O4.C32H42F2N4O4/c1-7-11-14-40(38-32(42)23(5)6)22-31(41)30(19-25-17-28(35)21-29(36)18-25)37-33(43)26-15-24(10-4)16-27(20-26)34(44)39(12-8-2)13-9-3;1-7-11-38(12-8-2)33(43)26-15-23(9-3)14-25(19-26)32(42)36-29(18-24-16-27(34)20-28(35)17-24)30(40)21-39(10-4)37-31(41)13-22(5)6;1-7-10-38(11-8-2)32(42)25-14-22(9-3)13-24(18-25)31(41)35-28(17-23-15-26(33)19-27(34)16-23)29(39)20-37(6)36-30(40)12-21(4)5/h4,15-18,20-21,23,30-31,41H,7-9,11-14,19,22H2,1-3,5-6H3,(H,37,43)(H,38,42);3,14-17,19-20,22,29-30,40H,7-8,10-13,18,21H2,1-2,4-6H3,(H,36,42)(H,37,41);3,13-16,18-19,21,28-29,39H,7-8,10-12,17,20H2,1-2,4-6H3,(H,35,41)(H,36,40). The van der Waals surface area contributed by atoms with E-state index in [0.29, 0.717) is 69.0 Å². The van der Waals surface area contributed by atoms with Crippen LogP contribution in [0.3, 0.4) is 0 Å². The molecule has 0 fully saturated rings. The number of aliphatic hydroxyl groups is 3. The summed E-state index contributed by atoms with van der Waals surface area (Å²) in [5.74, 6) is -0.679. The fourth-order valence-electron chi connectivity index (χ4n) is 14.0. The van der Waals surface area contributed by atoms with E-state index in [1.54, 1.807) is 65.7 Å². The van der Waals surface area contributed by atoms with Crippen molar-refractivity contribution in [3.8, 4) is 37.0 Å². The number of unbranched alkanes of at least 4 members (excludes halogenated alkanes) is 1. The van der Waals surface area contributed by atoms with Crippen molar-refractivity contribution in [2.45, 2.75) is 217 Å². The lowest BCUT2D eigenvalue weighted by Gasteiger charge is -2.31. The number of aliphatic hydroxyl groups excluding tert-OH is 3. The van der Waals surface area contributed by atoms with Crippen molar-refractivity contribution in [3.05, 3.63) is 211 Å². The third-order valence-corrected chi connectivity index (χ3v) is 20.1. The predicted molar refractivity (Wildman–Crippen MR) is 489 cm³/mol. The lowest BCUT2D eigenvalue weighted by Crippen LogP contribution is -2.54. The van der Waals surface area contributed by atoms with Gasteiger partial charge in [-0.1, -0.05) is 121 Å². The SMILES string of the molecule is C#Cc1cc(C(=O)NC(Cc2cc(F)cc(F)c2)C(O)CN(C)NC(=O)CC(C)C)cc(C(=O)N(CCC)CCC)c1.C#Cc1cc(C(=O)NC(Cc2cc(F)cc(F)c2)C(O)CN(CC)NC(=O)CC(C)C)cc(C(=O)N(CCC)CCC)c1.C#Cc1cc(C(=O)NC(Cc2cc(F)cc(F)c2)C(O)CN(CCCC)NC(=O)C(C)C)cc(C(=O)N(CCC)CCC)c1. The van der Waals surface area contributed by atoms with Crippen LogP contribution < -0.4 is 32.2 Å². The summed E-state index contributed by atoms with van der Waals surface area (Å²) < 4.78 is 84.0. The third kappa shape index (κ3) is 38.8. The average Bonchev–Trinajstić information content (AvgIpc) is 0.829. The zero-order valence-corrected chi connectivity index (χ0v) is 77.3. The summed E-state index contributed by atoms with van der Waals surface area (Å²) in [6, 6.07) is 19.3. The van der Waals surface area contributed by atoms with Gasteiger partial charge >= 0.3 is 0 Å². The Morgan fingerprint density at radius 2 is 0.636 bits per heavy atom. The molecule has 6 aromatic carbocycles. The lowest BCUT2D eigenvalue weighted by molar-refractivity contribution is -0.130. The summed E-state index contributed by atoms with van der Waals surface area (Å²) in [6.45, 7) is 30.6. The fraction of sp³-hybridized carbons (Fsp3) is 0.485. The monoisotopic (exact) mass is 1790 g/mol. The van der Waals surface area contributed by atoms with Crippen molar-refractivity contribution in [2.24, 2.45) is 17.8 Å². The van der Waals surface area contributed by atoms with Crippen molar-refractivity contribution >= 4 is 53.2 Å². The molecule has 0 saturated carbocycles. The molecule has 24 nitrogen and oxygen atoms in total. The van der Waals surface area contributed by atoms with Crippen LogP contribution in [-0.2, 0) is 33.6 Å². The van der Waals surface area contributed by atoms with Crippen molar-refractivity contribution < 1.29 is 84.8 Å². The van der Waals surface area contributed by atoms with Gasteiger partial charge in [0, 0.05) is 166 Å². The fourth-order valence-corrected chi connectivity index (χ4v) is 14.0. The maximum Gasteiger partial charge on any atom is 0.253 e. The van der Waals surface area contributed by atoms with Crippen LogP contribution in [0.4, 0.5) is 26.3 Å². The zero-order chi connectivity index (χ0) is 96.3. The van der Waals surface area contributed by atoms with Gasteiger partial charge in [0.05, 0.1) is 36.4 Å². The van der Waals surface area contributed by atoms with Crippen LogP contribution in [0.5, 0.6) is 0 Å². The molecule has 30 heteroatoms. The smallest absolute Gasteiger partial charge is 0.253 e. The molecule has 6 unspecified atom stereocenters. The number of hydrazine groups is 3. The number of amides is 9. The van der Waals surface area contributed by atoms with Gasteiger partial charge in [0.2, 0.25) is 17.7 Å². The lowest BCUT2D eigenvalue weighted by atomic mass is 9.99. The average molecular weight is 1800 g/mol. The second-order valence-electron chi connectivity index (χ2n) is 33.2. The topological polar surface area (TPSA) is 306 Å². The number of hydrogen-bond acceptors (Lipinski definition) is 15. The minimum absolute atomic E-state index is 0.0572. The van der Waals surface area contributed by atoms with E-state index >= 15 is 0 Å². The third-order valence-electron chi connectivity index (χ3n) is 20.1. The van der Waals surface area contributed by atoms with Crippen LogP contribution in [0.15, 0.2) is 109 Å². The minimum Gasteiger partial charge on any atom is -0.390 e. The molecule has 9 N–H and O–H groups in total. The van der Waals surface area contributed by atoms with Crippen molar-refractivity contribution in [1.29, 1.82) is 0 Å². The second kappa shape index (κ2) is 56.8. The van der Waals surface area contributed by atoms with Crippen LogP contribution >= 0.6 is 0 Å². The maximum absolute atomic E-state index is 14.1. The van der Waals surface area contributed by atoms with E-state index in [1.807, 2.05) is 76.2 Å². The molecule has 0 heterocycles. The van der Waals surface area contributed by atoms with Crippen LogP contribution in [-0.4, -0.2) is 214 Å². The maximum atomic E-state index is 14.1. The normalized spacial score (nSPS) is 12.5. The number of terminal acetylenes is 3. The summed E-state index contributed by atoms with van der Waals surface area (Å²) in [6.07, 6.45) is 19.6. The number of rotatable bonds is 48. The Kier molecular flexibility index (Phi) is 48.4. The first-order valence-corrected chi connectivity index (χ1v) is 44.3. The van der Waals surface area contributed by atoms with Gasteiger partial charge in [0.25, 0.3) is 35.4 Å². The van der Waals surface area contributed by atoms with E-state index in [1.165, 1.54) is 46.4 Å². The molecule has 129 heavy (non-hydrogen) atoms. The molecule has 0 aliphatic heterocycles. The molecular formula is C99H132F6N12O12. The molecule has 0 aliphatic carbocycles. The molecule has 0 bridgehead atoms. The van der Waals surface area contributed by atoms with E-state index in [9.17, 15) is 84.8 Å². The first-order valence-electron chi connectivity index (χ1n) is 44.3. The molecular weight excluding hydrogens is 1660 g/mol. The molecule has 6 aromatic rings. The molecule has 6 rings (SSSR count). The number of carbonyl (C=O) groups is 9. The number of likely N-dealkylation sites (N-methyl/N-ethyl adjacent to an activating group) is 2. The Morgan fingerprint density at radius 3 is 0.899 bits per heavy atom. The summed E-state index contributed by atoms with van der Waals surface area (Å²) >= 11 is 0. The van der Waals surface area contributed by atoms with Gasteiger partial charge in [-0.15, -0.1) is 19.3 Å². The van der Waals surface area contributed by atoms with E-state index in [-0.39, 0.29) is 155 Å². The van der Waals surface area contributed by atoms with Crippen LogP contribution in [0.25, 0.3) is 0 Å². The van der Waals surface area contributed by atoms with Gasteiger partial charge in [-0.25, -0.2) is 41.4 Å². The first-order chi connectivity index (χ1) is 61.2. The van der Waals surface area contributed by atoms with Crippen LogP contribution in [0.2, 0.25) is 0 Å². The van der Waals surface area contributed by atoms with E-state index in [2.05, 4.69) is 50.0 Å². The van der Waals surface area contributed by atoms with Crippen LogP contribution in [0.1, 0.15) is 257 Å². The Bertz CT molecular complexity index is 4740. The summed E-state index contributed by atoms with van der Waals surface area (Å²) in [4.78, 5) is 123. The van der Waals surface area contributed by atoms with Crippen molar-refractivity contribution in [3.63, 3.8) is 0 Å². The van der Waals surface area contributed by atoms with Gasteiger partial charge in [0.15, 0.2) is 0 Å². The molecule has 702 valence electrons. The van der Waals surface area contributed by atoms with Crippen molar-refractivity contribution in [2.75, 3.05) is 79.0 Å². The largest absolute Gasteiger partial charge is 0.390 e. The number of nitrogens with zero attached hydrogens (tertiary/aromatic N) is 6. The minimum atomic E-state index is -1.26. The Hall–Kier alpha value is -11.4. The number of nitrogens with one attached hydrogen (secondary N) is 6. The molecule has 6 atom stereocenters. The van der Waals surface area contributed by atoms with Gasteiger partial charge in [-0.2, -0.15) is 0 Å². The summed E-state index contributed by atoms with van der Waals surface area (Å²) in [7, 11) is 1.56. The highest BCUT2D eigenvalue weighted by Gasteiger charge is 2.32. The number of carbonyl (C=O) groups excluding carboxylic acids is 9. The molecule has 0 radical (unpaired) electrons. The number of halogens is 6. The molecule has 9 amide bonds. The Labute approximate surface area is 757 Å². The van der Waals surface area contributed by atoms with Gasteiger partial charge in [0.1, 0.15) is 34.9 Å². The van der Waals surface area contributed by atoms with Gasteiger partial charge in [-0.05, 0) is 184 Å². The predicted octanol–water partition coefficient (Wildman–Crippen LogP) is 12.9. The highest BCUT2D eigenvalue weighted by Crippen LogP contribution is 2.23. The summed E-state index contributed by atoms with van der Waals surface area (Å²) in [5.41, 5.74) is 11.0. The quantitative estimate of drug-likeness (QED) is 0.00974. The number of hydrogen-bond donors (Lipinski definition) is 9. The summed E-state index contributed by atoms with van der Waals surface area (Å²) in [5, 5.41) is 46.5. The molecule has 0 aromatic heterocycles. The second-order valence-corrected chi connectivity index (χ2v) is 33.2. The number of benzene rings is 6. The Balaban J connectivity index is 0.000000405. The first kappa shape index (κ1) is 110. The van der Waals surface area contributed by atoms with Gasteiger partial charge in [-0.3, -0.25) is 59.4 Å². The van der Waals surface area contributed by atoms with E-state index in [0.717, 1.165) is 106 Å². The van der Waals surface area contributed by atoms with Crippen LogP contribution in [0, 0.1) is 89.7 Å². The molecule has 0 aliphatic rings. The molecule has 0 saturated heterocycles.